The topological polar surface area (TPSA) is 64.3 Å². The van der Waals surface area contributed by atoms with E-state index in [9.17, 15) is 4.39 Å². The van der Waals surface area contributed by atoms with Crippen molar-refractivity contribution in [2.75, 3.05) is 23.7 Å². The lowest BCUT2D eigenvalue weighted by Gasteiger charge is -2.32. The van der Waals surface area contributed by atoms with Crippen LogP contribution in [0.2, 0.25) is 0 Å². The number of aromatic nitrogens is 2. The number of piperidine rings is 1. The Hall–Kier alpha value is -2.73. The van der Waals surface area contributed by atoms with Gasteiger partial charge in [-0.15, -0.1) is 0 Å². The van der Waals surface area contributed by atoms with E-state index in [4.69, 9.17) is 10.5 Å². The fourth-order valence-corrected chi connectivity index (χ4v) is 3.25. The largest absolute Gasteiger partial charge is 0.383 e. The summed E-state index contributed by atoms with van der Waals surface area (Å²) in [7, 11) is 0. The quantitative estimate of drug-likeness (QED) is 0.778. The van der Waals surface area contributed by atoms with Crippen LogP contribution in [-0.2, 0) is 11.3 Å². The van der Waals surface area contributed by atoms with Gasteiger partial charge < -0.3 is 15.4 Å². The Morgan fingerprint density at radius 2 is 1.77 bits per heavy atom. The van der Waals surface area contributed by atoms with Crippen LogP contribution in [-0.4, -0.2) is 29.2 Å². The molecule has 2 aromatic carbocycles. The molecule has 1 aliphatic rings. The molecule has 0 aliphatic carbocycles. The maximum Gasteiger partial charge on any atom is 0.227 e. The molecule has 1 aliphatic heterocycles. The number of anilines is 2. The molecule has 3 aromatic rings. The van der Waals surface area contributed by atoms with E-state index in [1.54, 1.807) is 12.1 Å². The van der Waals surface area contributed by atoms with Gasteiger partial charge in [-0.2, -0.15) is 4.98 Å². The van der Waals surface area contributed by atoms with Gasteiger partial charge in [0.05, 0.1) is 18.2 Å². The van der Waals surface area contributed by atoms with Gasteiger partial charge in [-0.1, -0.05) is 24.3 Å². The van der Waals surface area contributed by atoms with Crippen molar-refractivity contribution in [1.29, 1.82) is 0 Å². The van der Waals surface area contributed by atoms with Crippen LogP contribution in [0.4, 0.5) is 16.2 Å². The zero-order chi connectivity index (χ0) is 17.9. The molecule has 1 aromatic heterocycles. The second kappa shape index (κ2) is 7.25. The van der Waals surface area contributed by atoms with E-state index < -0.39 is 0 Å². The highest BCUT2D eigenvalue weighted by atomic mass is 19.1. The van der Waals surface area contributed by atoms with Crippen LogP contribution in [0.25, 0.3) is 10.9 Å². The molecular formula is C20H21FN4O. The minimum Gasteiger partial charge on any atom is -0.383 e. The van der Waals surface area contributed by atoms with Gasteiger partial charge in [0, 0.05) is 18.5 Å². The van der Waals surface area contributed by atoms with Crippen molar-refractivity contribution in [2.24, 2.45) is 0 Å². The molecule has 0 bridgehead atoms. The first-order valence-electron chi connectivity index (χ1n) is 8.82. The summed E-state index contributed by atoms with van der Waals surface area (Å²) in [5.74, 6) is 0.968. The van der Waals surface area contributed by atoms with Gasteiger partial charge in [-0.25, -0.2) is 9.37 Å². The van der Waals surface area contributed by atoms with Crippen LogP contribution in [0.3, 0.4) is 0 Å². The van der Waals surface area contributed by atoms with E-state index in [2.05, 4.69) is 14.9 Å². The Morgan fingerprint density at radius 3 is 2.54 bits per heavy atom. The van der Waals surface area contributed by atoms with Crippen molar-refractivity contribution < 1.29 is 9.13 Å². The molecule has 4 rings (SSSR count). The lowest BCUT2D eigenvalue weighted by molar-refractivity contribution is 0.0249. The zero-order valence-electron chi connectivity index (χ0n) is 14.4. The monoisotopic (exact) mass is 352 g/mol. The van der Waals surface area contributed by atoms with Crippen LogP contribution >= 0.6 is 0 Å². The minimum atomic E-state index is -0.225. The van der Waals surface area contributed by atoms with E-state index in [1.807, 2.05) is 24.3 Å². The highest BCUT2D eigenvalue weighted by Gasteiger charge is 2.22. The summed E-state index contributed by atoms with van der Waals surface area (Å²) in [5.41, 5.74) is 7.94. The van der Waals surface area contributed by atoms with Crippen LogP contribution in [0.5, 0.6) is 0 Å². The van der Waals surface area contributed by atoms with E-state index in [-0.39, 0.29) is 11.9 Å². The van der Waals surface area contributed by atoms with Crippen LogP contribution in [0.1, 0.15) is 18.4 Å². The lowest BCUT2D eigenvalue weighted by Crippen LogP contribution is -2.38. The zero-order valence-corrected chi connectivity index (χ0v) is 14.4. The minimum absolute atomic E-state index is 0.189. The number of benzene rings is 2. The Bertz CT molecular complexity index is 892. The molecule has 6 heteroatoms. The molecule has 134 valence electrons. The maximum atomic E-state index is 12.9. The molecule has 0 amide bonds. The number of hydrogen-bond donors (Lipinski definition) is 1. The van der Waals surface area contributed by atoms with E-state index in [0.29, 0.717) is 18.4 Å². The summed E-state index contributed by atoms with van der Waals surface area (Å²) in [6.45, 7) is 2.15. The Labute approximate surface area is 151 Å². The van der Waals surface area contributed by atoms with E-state index in [0.717, 1.165) is 42.4 Å². The summed E-state index contributed by atoms with van der Waals surface area (Å²) < 4.78 is 18.9. The molecule has 1 saturated heterocycles. The molecule has 2 N–H and O–H groups in total. The third-order valence-electron chi connectivity index (χ3n) is 4.74. The van der Waals surface area contributed by atoms with Gasteiger partial charge in [0.2, 0.25) is 5.95 Å². The molecule has 1 fully saturated rings. The maximum absolute atomic E-state index is 12.9. The average molecular weight is 352 g/mol. The molecule has 0 unspecified atom stereocenters. The summed E-state index contributed by atoms with van der Waals surface area (Å²) in [6, 6.07) is 14.2. The predicted octanol–water partition coefficient (Wildman–Crippen LogP) is 3.54. The third kappa shape index (κ3) is 3.60. The smallest absolute Gasteiger partial charge is 0.227 e. The summed E-state index contributed by atoms with van der Waals surface area (Å²) in [5, 5.41) is 0.883. The second-order valence-electron chi connectivity index (χ2n) is 6.55. The van der Waals surface area contributed by atoms with Crippen molar-refractivity contribution in [2.45, 2.75) is 25.6 Å². The first-order valence-corrected chi connectivity index (χ1v) is 8.82. The number of nitrogens with two attached hydrogens (primary N) is 1. The summed E-state index contributed by atoms with van der Waals surface area (Å²) in [4.78, 5) is 11.3. The summed E-state index contributed by atoms with van der Waals surface area (Å²) >= 11 is 0. The average Bonchev–Trinajstić information content (AvgIpc) is 2.68. The van der Waals surface area contributed by atoms with Gasteiger partial charge >= 0.3 is 0 Å². The summed E-state index contributed by atoms with van der Waals surface area (Å²) in [6.07, 6.45) is 1.99. The molecule has 0 radical (unpaired) electrons. The number of para-hydroxylation sites is 1. The molecule has 0 saturated carbocycles. The highest BCUT2D eigenvalue weighted by Crippen LogP contribution is 2.24. The number of nitrogen functional groups attached to an aromatic ring is 1. The first-order chi connectivity index (χ1) is 12.7. The Kier molecular flexibility index (Phi) is 4.67. The van der Waals surface area contributed by atoms with Crippen LogP contribution in [0, 0.1) is 5.82 Å². The van der Waals surface area contributed by atoms with Crippen molar-refractivity contribution in [3.63, 3.8) is 0 Å². The highest BCUT2D eigenvalue weighted by molar-refractivity contribution is 5.88. The van der Waals surface area contributed by atoms with Crippen molar-refractivity contribution in [3.8, 4) is 0 Å². The van der Waals surface area contributed by atoms with Gasteiger partial charge in [-0.05, 0) is 42.7 Å². The number of halogens is 1. The number of rotatable bonds is 4. The van der Waals surface area contributed by atoms with Crippen molar-refractivity contribution in [3.05, 3.63) is 59.9 Å². The van der Waals surface area contributed by atoms with Gasteiger partial charge in [-0.3, -0.25) is 0 Å². The number of nitrogens with zero attached hydrogens (tertiary/aromatic N) is 3. The Morgan fingerprint density at radius 1 is 1.04 bits per heavy atom. The first kappa shape index (κ1) is 16.7. The predicted molar refractivity (Wildman–Crippen MR) is 100 cm³/mol. The van der Waals surface area contributed by atoms with Crippen molar-refractivity contribution >= 4 is 22.7 Å². The second-order valence-corrected chi connectivity index (χ2v) is 6.55. The third-order valence-corrected chi connectivity index (χ3v) is 4.74. The lowest BCUT2D eigenvalue weighted by atomic mass is 10.1. The Balaban J connectivity index is 1.37. The van der Waals surface area contributed by atoms with E-state index in [1.165, 1.54) is 12.1 Å². The normalized spacial score (nSPS) is 15.5. The molecule has 2 heterocycles. The van der Waals surface area contributed by atoms with Gasteiger partial charge in [0.15, 0.2) is 0 Å². The number of hydrogen-bond acceptors (Lipinski definition) is 5. The fourth-order valence-electron chi connectivity index (χ4n) is 3.25. The molecule has 0 atom stereocenters. The molecule has 0 spiro atoms. The fraction of sp³-hybridized carbons (Fsp3) is 0.300. The molecular weight excluding hydrogens is 331 g/mol. The van der Waals surface area contributed by atoms with E-state index >= 15 is 0 Å². The SMILES string of the molecule is Nc1nc(N2CCC(OCc3ccc(F)cc3)CC2)nc2ccccc12. The standard InChI is InChI=1S/C20H21FN4O/c21-15-7-5-14(6-8-15)13-26-16-9-11-25(12-10-16)20-23-18-4-2-1-3-17(18)19(22)24-20/h1-8,16H,9-13H2,(H2,22,23,24). The van der Waals surface area contributed by atoms with Crippen molar-refractivity contribution in [1.82, 2.24) is 9.97 Å². The van der Waals surface area contributed by atoms with Crippen LogP contribution in [0.15, 0.2) is 48.5 Å². The molecule has 26 heavy (non-hydrogen) atoms. The van der Waals surface area contributed by atoms with Crippen LogP contribution < -0.4 is 10.6 Å². The molecule has 5 nitrogen and oxygen atoms in total. The number of fused-ring (bicyclic) bond motifs is 1. The van der Waals surface area contributed by atoms with Gasteiger partial charge in [0.25, 0.3) is 0 Å². The van der Waals surface area contributed by atoms with Gasteiger partial charge in [0.1, 0.15) is 11.6 Å². The number of ether oxygens (including phenoxy) is 1.